The van der Waals surface area contributed by atoms with Crippen LogP contribution in [0, 0.1) is 0 Å². The summed E-state index contributed by atoms with van der Waals surface area (Å²) in [5, 5.41) is 10.8. The van der Waals surface area contributed by atoms with Crippen molar-refractivity contribution >= 4 is 17.1 Å². The highest BCUT2D eigenvalue weighted by Crippen LogP contribution is 2.15. The Morgan fingerprint density at radius 3 is 2.72 bits per heavy atom. The first-order valence-corrected chi connectivity index (χ1v) is 7.25. The molecule has 1 N–H and O–H groups in total. The molecule has 0 aliphatic carbocycles. The molecule has 1 saturated heterocycles. The Kier molecular flexibility index (Phi) is 4.88. The van der Waals surface area contributed by atoms with Crippen LogP contribution in [0.1, 0.15) is 16.6 Å². The zero-order chi connectivity index (χ0) is 13.0. The fraction of sp³-hybridized carbons (Fsp3) is 0.615. The molecule has 0 radical (unpaired) electrons. The summed E-state index contributed by atoms with van der Waals surface area (Å²) in [6, 6.07) is 3.77. The van der Waals surface area contributed by atoms with Gasteiger partial charge in [-0.3, -0.25) is 14.6 Å². The van der Waals surface area contributed by atoms with Gasteiger partial charge in [0, 0.05) is 32.7 Å². The zero-order valence-corrected chi connectivity index (χ0v) is 11.5. The van der Waals surface area contributed by atoms with Gasteiger partial charge in [-0.2, -0.15) is 0 Å². The molecule has 18 heavy (non-hydrogen) atoms. The molecule has 1 fully saturated rings. The fourth-order valence-electron chi connectivity index (χ4n) is 2.31. The van der Waals surface area contributed by atoms with Crippen molar-refractivity contribution in [1.29, 1.82) is 0 Å². The Labute approximate surface area is 112 Å². The molecule has 2 heterocycles. The number of hydrogen-bond donors (Lipinski definition) is 1. The molecule has 0 amide bonds. The summed E-state index contributed by atoms with van der Waals surface area (Å²) in [5.74, 6) is 0.223. The average Bonchev–Trinajstić information content (AvgIpc) is 2.92. The van der Waals surface area contributed by atoms with E-state index in [1.54, 1.807) is 0 Å². The van der Waals surface area contributed by atoms with Gasteiger partial charge in [-0.05, 0) is 18.4 Å². The molecule has 1 aliphatic rings. The second kappa shape index (κ2) is 6.43. The minimum atomic E-state index is -0.0417. The number of aliphatic hydroxyl groups is 1. The number of aliphatic hydroxyl groups excluding tert-OH is 1. The summed E-state index contributed by atoms with van der Waals surface area (Å²) in [6.07, 6.45) is 0. The molecule has 100 valence electrons. The number of nitrogens with zero attached hydrogens (tertiary/aromatic N) is 2. The predicted octanol–water partition coefficient (Wildman–Crippen LogP) is 0.929. The summed E-state index contributed by atoms with van der Waals surface area (Å²) < 4.78 is 0. The van der Waals surface area contributed by atoms with Gasteiger partial charge in [0.05, 0.1) is 17.5 Å². The molecular weight excluding hydrogens is 248 g/mol. The monoisotopic (exact) mass is 268 g/mol. The van der Waals surface area contributed by atoms with Crippen molar-refractivity contribution in [3.05, 3.63) is 22.4 Å². The largest absolute Gasteiger partial charge is 0.395 e. The van der Waals surface area contributed by atoms with Gasteiger partial charge < -0.3 is 5.11 Å². The van der Waals surface area contributed by atoms with Crippen molar-refractivity contribution < 1.29 is 9.90 Å². The molecule has 0 bridgehead atoms. The molecule has 0 spiro atoms. The molecule has 0 aromatic carbocycles. The number of rotatable bonds is 5. The second-order valence-corrected chi connectivity index (χ2v) is 5.57. The summed E-state index contributed by atoms with van der Waals surface area (Å²) >= 11 is 1.51. The highest BCUT2D eigenvalue weighted by Gasteiger charge is 2.26. The van der Waals surface area contributed by atoms with E-state index in [0.29, 0.717) is 0 Å². The molecule has 1 aromatic rings. The van der Waals surface area contributed by atoms with E-state index in [-0.39, 0.29) is 18.4 Å². The summed E-state index contributed by atoms with van der Waals surface area (Å²) in [6.45, 7) is 6.61. The molecule has 2 rings (SSSR count). The number of carbonyl (C=O) groups is 1. The highest BCUT2D eigenvalue weighted by atomic mass is 32.1. The minimum absolute atomic E-state index is 0.0417. The molecule has 5 heteroatoms. The zero-order valence-electron chi connectivity index (χ0n) is 10.7. The SMILES string of the molecule is C[C@H](C(=O)c1cccs1)N1CCN(CCO)CC1. The van der Waals surface area contributed by atoms with Crippen molar-refractivity contribution in [2.45, 2.75) is 13.0 Å². The van der Waals surface area contributed by atoms with Crippen LogP contribution >= 0.6 is 11.3 Å². The maximum atomic E-state index is 12.2. The predicted molar refractivity (Wildman–Crippen MR) is 73.2 cm³/mol. The lowest BCUT2D eigenvalue weighted by molar-refractivity contribution is 0.0667. The number of thiophene rings is 1. The molecular formula is C13H20N2O2S. The fourth-order valence-corrected chi connectivity index (χ4v) is 3.05. The Bertz CT molecular complexity index is 372. The first-order chi connectivity index (χ1) is 8.72. The van der Waals surface area contributed by atoms with Crippen LogP contribution in [0.4, 0.5) is 0 Å². The summed E-state index contributed by atoms with van der Waals surface area (Å²) in [5.41, 5.74) is 0. The summed E-state index contributed by atoms with van der Waals surface area (Å²) in [4.78, 5) is 17.5. The third-order valence-corrected chi connectivity index (χ3v) is 4.40. The summed E-state index contributed by atoms with van der Waals surface area (Å²) in [7, 11) is 0. The quantitative estimate of drug-likeness (QED) is 0.807. The van der Waals surface area contributed by atoms with Crippen LogP contribution < -0.4 is 0 Å². The van der Waals surface area contributed by atoms with Gasteiger partial charge in [-0.1, -0.05) is 6.07 Å². The smallest absolute Gasteiger partial charge is 0.189 e. The van der Waals surface area contributed by atoms with Crippen LogP contribution in [-0.4, -0.2) is 66.1 Å². The van der Waals surface area contributed by atoms with Crippen molar-refractivity contribution in [3.63, 3.8) is 0 Å². The molecule has 1 atom stereocenters. The van der Waals surface area contributed by atoms with Crippen molar-refractivity contribution in [2.75, 3.05) is 39.3 Å². The van der Waals surface area contributed by atoms with E-state index in [9.17, 15) is 4.79 Å². The van der Waals surface area contributed by atoms with Gasteiger partial charge >= 0.3 is 0 Å². The Hall–Kier alpha value is -0.750. The van der Waals surface area contributed by atoms with Gasteiger partial charge in [0.1, 0.15) is 0 Å². The van der Waals surface area contributed by atoms with E-state index in [2.05, 4.69) is 9.80 Å². The van der Waals surface area contributed by atoms with Crippen LogP contribution in [0.2, 0.25) is 0 Å². The van der Waals surface area contributed by atoms with Gasteiger partial charge in [0.2, 0.25) is 0 Å². The molecule has 0 unspecified atom stereocenters. The first-order valence-electron chi connectivity index (χ1n) is 6.37. The first kappa shape index (κ1) is 13.7. The van der Waals surface area contributed by atoms with Crippen molar-refractivity contribution in [1.82, 2.24) is 9.80 Å². The normalized spacial score (nSPS) is 19.9. The number of carbonyl (C=O) groups excluding carboxylic acids is 1. The van der Waals surface area contributed by atoms with Crippen molar-refractivity contribution in [2.24, 2.45) is 0 Å². The molecule has 1 aliphatic heterocycles. The van der Waals surface area contributed by atoms with Crippen LogP contribution in [-0.2, 0) is 0 Å². The maximum Gasteiger partial charge on any atom is 0.189 e. The van der Waals surface area contributed by atoms with Crippen molar-refractivity contribution in [3.8, 4) is 0 Å². The Morgan fingerprint density at radius 1 is 1.44 bits per heavy atom. The van der Waals surface area contributed by atoms with Gasteiger partial charge in [0.15, 0.2) is 5.78 Å². The number of ketones is 1. The third-order valence-electron chi connectivity index (χ3n) is 3.51. The lowest BCUT2D eigenvalue weighted by atomic mass is 10.1. The molecule has 4 nitrogen and oxygen atoms in total. The number of piperazine rings is 1. The van der Waals surface area contributed by atoms with Crippen LogP contribution in [0.5, 0.6) is 0 Å². The average molecular weight is 268 g/mol. The lowest BCUT2D eigenvalue weighted by Crippen LogP contribution is -2.52. The number of β-amino-alcohol motifs (C(OH)–C–C–N with tert-alkyl or cyclic N) is 1. The van der Waals surface area contributed by atoms with Crippen LogP contribution in [0.3, 0.4) is 0 Å². The van der Waals surface area contributed by atoms with E-state index in [0.717, 1.165) is 37.6 Å². The third kappa shape index (κ3) is 3.17. The van der Waals surface area contributed by atoms with Gasteiger partial charge in [-0.15, -0.1) is 11.3 Å². The van der Waals surface area contributed by atoms with E-state index in [4.69, 9.17) is 5.11 Å². The molecule has 0 saturated carbocycles. The minimum Gasteiger partial charge on any atom is -0.395 e. The topological polar surface area (TPSA) is 43.8 Å². The standard InChI is InChI=1S/C13H20N2O2S/c1-11(13(17)12-3-2-10-18-12)15-6-4-14(5-7-15)8-9-16/h2-3,10-11,16H,4-9H2,1H3/t11-/m1/s1. The van der Waals surface area contributed by atoms with Gasteiger partial charge in [0.25, 0.3) is 0 Å². The van der Waals surface area contributed by atoms with Gasteiger partial charge in [-0.25, -0.2) is 0 Å². The lowest BCUT2D eigenvalue weighted by Gasteiger charge is -2.37. The maximum absolute atomic E-state index is 12.2. The Balaban J connectivity index is 1.87. The highest BCUT2D eigenvalue weighted by molar-refractivity contribution is 7.12. The van der Waals surface area contributed by atoms with E-state index >= 15 is 0 Å². The Morgan fingerprint density at radius 2 is 2.17 bits per heavy atom. The van der Waals surface area contributed by atoms with E-state index in [1.165, 1.54) is 11.3 Å². The number of hydrogen-bond acceptors (Lipinski definition) is 5. The second-order valence-electron chi connectivity index (χ2n) is 4.62. The van der Waals surface area contributed by atoms with E-state index < -0.39 is 0 Å². The van der Waals surface area contributed by atoms with Crippen LogP contribution in [0.15, 0.2) is 17.5 Å². The van der Waals surface area contributed by atoms with E-state index in [1.807, 2.05) is 24.4 Å². The van der Waals surface area contributed by atoms with Crippen LogP contribution in [0.25, 0.3) is 0 Å². The molecule has 1 aromatic heterocycles. The number of Topliss-reactive ketones (excluding diaryl/α,β-unsaturated/α-hetero) is 1.